The summed E-state index contributed by atoms with van der Waals surface area (Å²) in [6.45, 7) is 8.06. The minimum atomic E-state index is 0.634. The Labute approximate surface area is 81.4 Å². The van der Waals surface area contributed by atoms with Crippen LogP contribution in [0.2, 0.25) is 0 Å². The molecule has 1 heteroatoms. The summed E-state index contributed by atoms with van der Waals surface area (Å²) in [6.07, 6.45) is 13.2. The van der Waals surface area contributed by atoms with Crippen LogP contribution in [0, 0.1) is 0 Å². The van der Waals surface area contributed by atoms with Crippen molar-refractivity contribution in [2.24, 2.45) is 0 Å². The van der Waals surface area contributed by atoms with Crippen molar-refractivity contribution < 1.29 is 0 Å². The van der Waals surface area contributed by atoms with Crippen LogP contribution in [-0.2, 0) is 0 Å². The Morgan fingerprint density at radius 3 is 3.00 bits per heavy atom. The van der Waals surface area contributed by atoms with Crippen molar-refractivity contribution in [3.05, 3.63) is 37.0 Å². The maximum atomic E-state index is 3.78. The van der Waals surface area contributed by atoms with Crippen molar-refractivity contribution >= 4 is 0 Å². The van der Waals surface area contributed by atoms with Gasteiger partial charge in [-0.05, 0) is 26.3 Å². The average molecular weight is 177 g/mol. The fourth-order valence-electron chi connectivity index (χ4n) is 1.77. The molecule has 0 bridgehead atoms. The fourth-order valence-corrected chi connectivity index (χ4v) is 1.77. The molecule has 0 saturated carbocycles. The van der Waals surface area contributed by atoms with Gasteiger partial charge >= 0.3 is 0 Å². The highest BCUT2D eigenvalue weighted by Crippen LogP contribution is 2.17. The summed E-state index contributed by atoms with van der Waals surface area (Å²) in [5, 5.41) is 0. The molecule has 1 aliphatic rings. The first-order chi connectivity index (χ1) is 6.38. The molecule has 0 unspecified atom stereocenters. The maximum absolute atomic E-state index is 3.78. The molecule has 72 valence electrons. The standard InChI is InChI=1S/C12H19N/c1-3-5-6-8-12-9-7-11-13(12)10-4-2/h3-6,8,12H,2,7,9-11H2,1H3/b5-3+,8-6+/t12-/m0/s1. The fraction of sp³-hybridized carbons (Fsp3) is 0.500. The predicted octanol–water partition coefficient (Wildman–Crippen LogP) is 2.77. The van der Waals surface area contributed by atoms with E-state index >= 15 is 0 Å². The molecule has 0 aromatic carbocycles. The number of allylic oxidation sites excluding steroid dienone is 3. The Hall–Kier alpha value is -0.820. The summed E-state index contributed by atoms with van der Waals surface area (Å²) in [5.41, 5.74) is 0. The zero-order valence-electron chi connectivity index (χ0n) is 8.45. The van der Waals surface area contributed by atoms with Crippen molar-refractivity contribution in [2.75, 3.05) is 13.1 Å². The largest absolute Gasteiger partial charge is 0.293 e. The van der Waals surface area contributed by atoms with Gasteiger partial charge in [0.2, 0.25) is 0 Å². The molecule has 1 fully saturated rings. The molecule has 1 atom stereocenters. The summed E-state index contributed by atoms with van der Waals surface area (Å²) < 4.78 is 0. The van der Waals surface area contributed by atoms with Crippen LogP contribution in [0.3, 0.4) is 0 Å². The summed E-state index contributed by atoms with van der Waals surface area (Å²) in [7, 11) is 0. The Balaban J connectivity index is 2.43. The van der Waals surface area contributed by atoms with Gasteiger partial charge in [0.05, 0.1) is 0 Å². The molecule has 0 radical (unpaired) electrons. The SMILES string of the molecule is C=CCN1CCC[C@@H]1/C=C/C=C/C. The number of hydrogen-bond acceptors (Lipinski definition) is 1. The second-order valence-electron chi connectivity index (χ2n) is 3.40. The maximum Gasteiger partial charge on any atom is 0.0285 e. The second-order valence-corrected chi connectivity index (χ2v) is 3.40. The predicted molar refractivity (Wildman–Crippen MR) is 58.7 cm³/mol. The van der Waals surface area contributed by atoms with Crippen LogP contribution in [0.5, 0.6) is 0 Å². The molecule has 1 nitrogen and oxygen atoms in total. The van der Waals surface area contributed by atoms with Gasteiger partial charge in [-0.2, -0.15) is 0 Å². The minimum Gasteiger partial charge on any atom is -0.293 e. The molecule has 0 spiro atoms. The lowest BCUT2D eigenvalue weighted by Gasteiger charge is -2.19. The highest BCUT2D eigenvalue weighted by molar-refractivity contribution is 5.07. The Kier molecular flexibility index (Phi) is 4.55. The Morgan fingerprint density at radius 1 is 1.46 bits per heavy atom. The van der Waals surface area contributed by atoms with Gasteiger partial charge in [0.25, 0.3) is 0 Å². The van der Waals surface area contributed by atoms with Crippen molar-refractivity contribution in [3.8, 4) is 0 Å². The zero-order chi connectivity index (χ0) is 9.52. The van der Waals surface area contributed by atoms with Crippen molar-refractivity contribution in [1.82, 2.24) is 4.90 Å². The third-order valence-corrected chi connectivity index (χ3v) is 2.41. The lowest BCUT2D eigenvalue weighted by atomic mass is 10.2. The highest BCUT2D eigenvalue weighted by Gasteiger charge is 2.19. The van der Waals surface area contributed by atoms with Crippen LogP contribution in [0.1, 0.15) is 19.8 Å². The number of rotatable bonds is 4. The van der Waals surface area contributed by atoms with Crippen molar-refractivity contribution in [3.63, 3.8) is 0 Å². The first kappa shape index (κ1) is 10.3. The highest BCUT2D eigenvalue weighted by atomic mass is 15.2. The van der Waals surface area contributed by atoms with E-state index in [4.69, 9.17) is 0 Å². The smallest absolute Gasteiger partial charge is 0.0285 e. The van der Waals surface area contributed by atoms with E-state index in [1.807, 2.05) is 13.0 Å². The molecule has 1 rings (SSSR count). The van der Waals surface area contributed by atoms with Crippen molar-refractivity contribution in [2.45, 2.75) is 25.8 Å². The van der Waals surface area contributed by atoms with Crippen LogP contribution in [0.4, 0.5) is 0 Å². The van der Waals surface area contributed by atoms with Crippen LogP contribution >= 0.6 is 0 Å². The van der Waals surface area contributed by atoms with E-state index < -0.39 is 0 Å². The third-order valence-electron chi connectivity index (χ3n) is 2.41. The zero-order valence-corrected chi connectivity index (χ0v) is 8.45. The van der Waals surface area contributed by atoms with Gasteiger partial charge in [-0.25, -0.2) is 0 Å². The van der Waals surface area contributed by atoms with E-state index in [1.54, 1.807) is 0 Å². The molecular formula is C12H19N. The Bertz CT molecular complexity index is 203. The lowest BCUT2D eigenvalue weighted by Crippen LogP contribution is -2.27. The summed E-state index contributed by atoms with van der Waals surface area (Å²) in [4.78, 5) is 2.47. The van der Waals surface area contributed by atoms with Crippen LogP contribution in [0.15, 0.2) is 37.0 Å². The number of nitrogens with zero attached hydrogens (tertiary/aromatic N) is 1. The van der Waals surface area contributed by atoms with E-state index in [0.717, 1.165) is 6.54 Å². The van der Waals surface area contributed by atoms with Gasteiger partial charge in [-0.15, -0.1) is 6.58 Å². The van der Waals surface area contributed by atoms with Gasteiger partial charge < -0.3 is 0 Å². The molecule has 0 amide bonds. The molecular weight excluding hydrogens is 158 g/mol. The minimum absolute atomic E-state index is 0.634. The van der Waals surface area contributed by atoms with E-state index in [2.05, 4.69) is 35.8 Å². The summed E-state index contributed by atoms with van der Waals surface area (Å²) >= 11 is 0. The van der Waals surface area contributed by atoms with Crippen LogP contribution < -0.4 is 0 Å². The van der Waals surface area contributed by atoms with Crippen molar-refractivity contribution in [1.29, 1.82) is 0 Å². The molecule has 13 heavy (non-hydrogen) atoms. The van der Waals surface area contributed by atoms with Crippen LogP contribution in [0.25, 0.3) is 0 Å². The summed E-state index contributed by atoms with van der Waals surface area (Å²) in [5.74, 6) is 0. The number of hydrogen-bond donors (Lipinski definition) is 0. The average Bonchev–Trinajstić information content (AvgIpc) is 2.54. The van der Waals surface area contributed by atoms with E-state index in [1.165, 1.54) is 19.4 Å². The summed E-state index contributed by atoms with van der Waals surface area (Å²) in [6, 6.07) is 0.634. The van der Waals surface area contributed by atoms with Gasteiger partial charge in [0, 0.05) is 12.6 Å². The second kappa shape index (κ2) is 5.76. The molecule has 1 aliphatic heterocycles. The van der Waals surface area contributed by atoms with Gasteiger partial charge in [-0.3, -0.25) is 4.90 Å². The molecule has 0 aromatic heterocycles. The lowest BCUT2D eigenvalue weighted by molar-refractivity contribution is 0.322. The molecule has 0 aliphatic carbocycles. The third kappa shape index (κ3) is 3.19. The Morgan fingerprint density at radius 2 is 2.31 bits per heavy atom. The van der Waals surface area contributed by atoms with E-state index in [9.17, 15) is 0 Å². The van der Waals surface area contributed by atoms with Gasteiger partial charge in [0.15, 0.2) is 0 Å². The molecule has 0 aromatic rings. The topological polar surface area (TPSA) is 3.24 Å². The van der Waals surface area contributed by atoms with Gasteiger partial charge in [-0.1, -0.05) is 30.4 Å². The molecule has 1 heterocycles. The van der Waals surface area contributed by atoms with Crippen LogP contribution in [-0.4, -0.2) is 24.0 Å². The molecule has 0 N–H and O–H groups in total. The normalized spacial score (nSPS) is 24.8. The van der Waals surface area contributed by atoms with E-state index in [0.29, 0.717) is 6.04 Å². The first-order valence-electron chi connectivity index (χ1n) is 5.03. The monoisotopic (exact) mass is 177 g/mol. The number of likely N-dealkylation sites (tertiary alicyclic amines) is 1. The molecule has 1 saturated heterocycles. The van der Waals surface area contributed by atoms with Gasteiger partial charge in [0.1, 0.15) is 0 Å². The van der Waals surface area contributed by atoms with E-state index in [-0.39, 0.29) is 0 Å². The quantitative estimate of drug-likeness (QED) is 0.471. The first-order valence-corrected chi connectivity index (χ1v) is 5.03.